The van der Waals surface area contributed by atoms with E-state index in [9.17, 15) is 9.59 Å². The summed E-state index contributed by atoms with van der Waals surface area (Å²) in [5.41, 5.74) is 0. The Bertz CT molecular complexity index is 276. The van der Waals surface area contributed by atoms with Crippen molar-refractivity contribution in [2.75, 3.05) is 13.1 Å². The Hall–Kier alpha value is -0.900. The number of likely N-dealkylation sites (tertiary alicyclic amines) is 1. The molecule has 3 aliphatic rings. The Labute approximate surface area is 82.6 Å². The maximum atomic E-state index is 11.7. The average Bonchev–Trinajstić information content (AvgIpc) is 2.94. The van der Waals surface area contributed by atoms with Gasteiger partial charge in [-0.3, -0.25) is 14.5 Å². The molecule has 3 atom stereocenters. The number of carbonyl (C=O) groups excluding carboxylic acids is 2. The number of nitrogens with zero attached hydrogens (tertiary/aromatic N) is 1. The highest BCUT2D eigenvalue weighted by Crippen LogP contribution is 2.47. The van der Waals surface area contributed by atoms with Crippen molar-refractivity contribution in [3.8, 4) is 0 Å². The molecule has 0 spiro atoms. The van der Waals surface area contributed by atoms with Gasteiger partial charge in [0.25, 0.3) is 0 Å². The monoisotopic (exact) mass is 194 g/mol. The molecule has 0 radical (unpaired) electrons. The number of piperidine rings is 2. The molecular formula is C10H14N2O2. The van der Waals surface area contributed by atoms with E-state index in [0.717, 1.165) is 32.4 Å². The first kappa shape index (κ1) is 8.41. The lowest BCUT2D eigenvalue weighted by atomic mass is 10.1. The van der Waals surface area contributed by atoms with Crippen molar-refractivity contribution in [2.45, 2.75) is 25.3 Å². The number of carbonyl (C=O) groups is 2. The Morgan fingerprint density at radius 2 is 1.93 bits per heavy atom. The van der Waals surface area contributed by atoms with Crippen LogP contribution >= 0.6 is 0 Å². The number of nitrogens with one attached hydrogen (secondary N) is 1. The summed E-state index contributed by atoms with van der Waals surface area (Å²) in [5, 5.41) is 3.24. The van der Waals surface area contributed by atoms with Crippen LogP contribution in [0.25, 0.3) is 0 Å². The standard InChI is InChI=1S/C10H14N2O2/c13-9-7-4-8(7)10(14)12(9)6-2-1-3-11-5-6/h6-8,11H,1-5H2. The summed E-state index contributed by atoms with van der Waals surface area (Å²) in [4.78, 5) is 25.0. The third kappa shape index (κ3) is 1.03. The number of hydrogen-bond acceptors (Lipinski definition) is 3. The lowest BCUT2D eigenvalue weighted by molar-refractivity contribution is -0.144. The van der Waals surface area contributed by atoms with Crippen LogP contribution in [-0.2, 0) is 9.59 Å². The van der Waals surface area contributed by atoms with Gasteiger partial charge in [-0.2, -0.15) is 0 Å². The molecule has 2 aliphatic heterocycles. The normalized spacial score (nSPS) is 41.4. The van der Waals surface area contributed by atoms with Gasteiger partial charge in [0.1, 0.15) is 0 Å². The molecule has 3 unspecified atom stereocenters. The van der Waals surface area contributed by atoms with Crippen LogP contribution in [0.5, 0.6) is 0 Å². The van der Waals surface area contributed by atoms with Gasteiger partial charge in [0.2, 0.25) is 11.8 Å². The maximum absolute atomic E-state index is 11.7. The predicted molar refractivity (Wildman–Crippen MR) is 49.3 cm³/mol. The highest BCUT2D eigenvalue weighted by molar-refractivity contribution is 6.09. The van der Waals surface area contributed by atoms with Gasteiger partial charge in [-0.05, 0) is 25.8 Å². The number of fused-ring (bicyclic) bond motifs is 1. The minimum absolute atomic E-state index is 0.0597. The van der Waals surface area contributed by atoms with Crippen molar-refractivity contribution in [1.29, 1.82) is 0 Å². The Balaban J connectivity index is 1.77. The molecule has 3 fully saturated rings. The summed E-state index contributed by atoms with van der Waals surface area (Å²) in [5.74, 6) is 0.302. The predicted octanol–water partition coefficient (Wildman–Crippen LogP) is -0.257. The zero-order valence-electron chi connectivity index (χ0n) is 8.03. The topological polar surface area (TPSA) is 49.4 Å². The molecular weight excluding hydrogens is 180 g/mol. The number of hydrogen-bond donors (Lipinski definition) is 1. The molecule has 2 amide bonds. The average molecular weight is 194 g/mol. The van der Waals surface area contributed by atoms with Crippen LogP contribution in [0.15, 0.2) is 0 Å². The zero-order valence-corrected chi connectivity index (χ0v) is 8.03. The molecule has 1 N–H and O–H groups in total. The second-order valence-electron chi connectivity index (χ2n) is 4.50. The third-order valence-electron chi connectivity index (χ3n) is 3.54. The Morgan fingerprint density at radius 1 is 1.21 bits per heavy atom. The molecule has 14 heavy (non-hydrogen) atoms. The molecule has 76 valence electrons. The molecule has 0 aromatic carbocycles. The summed E-state index contributed by atoms with van der Waals surface area (Å²) in [6, 6.07) is 0.136. The van der Waals surface area contributed by atoms with Crippen LogP contribution in [-0.4, -0.2) is 35.8 Å². The Kier molecular flexibility index (Phi) is 1.68. The fourth-order valence-corrected chi connectivity index (χ4v) is 2.62. The molecule has 2 saturated heterocycles. The molecule has 3 rings (SSSR count). The molecule has 1 aliphatic carbocycles. The van der Waals surface area contributed by atoms with Gasteiger partial charge in [-0.15, -0.1) is 0 Å². The molecule has 4 heteroatoms. The van der Waals surface area contributed by atoms with Gasteiger partial charge < -0.3 is 5.32 Å². The second kappa shape index (κ2) is 2.79. The fourth-order valence-electron chi connectivity index (χ4n) is 2.62. The lowest BCUT2D eigenvalue weighted by Crippen LogP contribution is -2.49. The SMILES string of the molecule is O=C1C2CC2C(=O)N1C1CCCNC1. The van der Waals surface area contributed by atoms with Crippen LogP contribution in [0.3, 0.4) is 0 Å². The minimum Gasteiger partial charge on any atom is -0.315 e. The van der Waals surface area contributed by atoms with Crippen molar-refractivity contribution in [3.05, 3.63) is 0 Å². The van der Waals surface area contributed by atoms with E-state index in [-0.39, 0.29) is 29.7 Å². The molecule has 0 aromatic rings. The molecule has 4 nitrogen and oxygen atoms in total. The first-order valence-corrected chi connectivity index (χ1v) is 5.36. The summed E-state index contributed by atoms with van der Waals surface area (Å²) in [6.45, 7) is 1.80. The summed E-state index contributed by atoms with van der Waals surface area (Å²) < 4.78 is 0. The largest absolute Gasteiger partial charge is 0.315 e. The summed E-state index contributed by atoms with van der Waals surface area (Å²) in [7, 11) is 0. The van der Waals surface area contributed by atoms with E-state index in [1.165, 1.54) is 4.90 Å². The van der Waals surface area contributed by atoms with Gasteiger partial charge in [-0.25, -0.2) is 0 Å². The summed E-state index contributed by atoms with van der Waals surface area (Å²) >= 11 is 0. The van der Waals surface area contributed by atoms with E-state index in [2.05, 4.69) is 5.32 Å². The first-order chi connectivity index (χ1) is 6.79. The zero-order chi connectivity index (χ0) is 9.71. The van der Waals surface area contributed by atoms with Crippen molar-refractivity contribution in [1.82, 2.24) is 10.2 Å². The minimum atomic E-state index is 0.0597. The van der Waals surface area contributed by atoms with E-state index in [1.54, 1.807) is 0 Å². The molecule has 1 saturated carbocycles. The highest BCUT2D eigenvalue weighted by Gasteiger charge is 2.60. The first-order valence-electron chi connectivity index (χ1n) is 5.36. The van der Waals surface area contributed by atoms with Crippen LogP contribution in [0.2, 0.25) is 0 Å². The number of amides is 2. The van der Waals surface area contributed by atoms with E-state index in [4.69, 9.17) is 0 Å². The quantitative estimate of drug-likeness (QED) is 0.585. The number of rotatable bonds is 1. The van der Waals surface area contributed by atoms with Crippen LogP contribution in [0.1, 0.15) is 19.3 Å². The highest BCUT2D eigenvalue weighted by atomic mass is 16.2. The maximum Gasteiger partial charge on any atom is 0.233 e. The van der Waals surface area contributed by atoms with Gasteiger partial charge >= 0.3 is 0 Å². The van der Waals surface area contributed by atoms with E-state index < -0.39 is 0 Å². The fraction of sp³-hybridized carbons (Fsp3) is 0.800. The van der Waals surface area contributed by atoms with E-state index in [0.29, 0.717) is 0 Å². The summed E-state index contributed by atoms with van der Waals surface area (Å²) in [6.07, 6.45) is 2.86. The molecule has 0 bridgehead atoms. The van der Waals surface area contributed by atoms with Crippen molar-refractivity contribution >= 4 is 11.8 Å². The second-order valence-corrected chi connectivity index (χ2v) is 4.50. The van der Waals surface area contributed by atoms with Gasteiger partial charge in [-0.1, -0.05) is 0 Å². The molecule has 2 heterocycles. The van der Waals surface area contributed by atoms with E-state index >= 15 is 0 Å². The molecule has 0 aromatic heterocycles. The lowest BCUT2D eigenvalue weighted by Gasteiger charge is -2.31. The van der Waals surface area contributed by atoms with Crippen molar-refractivity contribution in [2.24, 2.45) is 11.8 Å². The van der Waals surface area contributed by atoms with Gasteiger partial charge in [0.15, 0.2) is 0 Å². The van der Waals surface area contributed by atoms with Crippen LogP contribution in [0, 0.1) is 11.8 Å². The van der Waals surface area contributed by atoms with Crippen LogP contribution in [0.4, 0.5) is 0 Å². The van der Waals surface area contributed by atoms with Crippen molar-refractivity contribution in [3.63, 3.8) is 0 Å². The van der Waals surface area contributed by atoms with Crippen molar-refractivity contribution < 1.29 is 9.59 Å². The smallest absolute Gasteiger partial charge is 0.233 e. The van der Waals surface area contributed by atoms with Gasteiger partial charge in [0.05, 0.1) is 17.9 Å². The van der Waals surface area contributed by atoms with Gasteiger partial charge in [0, 0.05) is 6.54 Å². The van der Waals surface area contributed by atoms with Crippen LogP contribution < -0.4 is 5.32 Å². The third-order valence-corrected chi connectivity index (χ3v) is 3.54. The van der Waals surface area contributed by atoms with E-state index in [1.807, 2.05) is 0 Å². The number of imide groups is 1. The Morgan fingerprint density at radius 3 is 2.50 bits per heavy atom.